The largest absolute Gasteiger partial charge is 0.373 e. The maximum atomic E-state index is 13.6. The Kier molecular flexibility index (Phi) is 10.1. The zero-order valence-corrected chi connectivity index (χ0v) is 31.8. The summed E-state index contributed by atoms with van der Waals surface area (Å²) in [6, 6.07) is 12.2. The van der Waals surface area contributed by atoms with Crippen LogP contribution in [0.1, 0.15) is 79.9 Å². The third kappa shape index (κ3) is 7.32. The third-order valence-electron chi connectivity index (χ3n) is 12.1. The fourth-order valence-corrected chi connectivity index (χ4v) is 8.73. The number of carbonyl (C=O) groups excluding carboxylic acids is 3. The van der Waals surface area contributed by atoms with E-state index in [1.54, 1.807) is 17.7 Å². The molecule has 1 aromatic carbocycles. The molecule has 8 rings (SSSR count). The number of hydrogen-bond donors (Lipinski definition) is 2. The molecule has 0 radical (unpaired) electrons. The van der Waals surface area contributed by atoms with Crippen molar-refractivity contribution in [2.24, 2.45) is 0 Å². The van der Waals surface area contributed by atoms with Crippen LogP contribution in [0.15, 0.2) is 53.6 Å². The lowest BCUT2D eigenvalue weighted by atomic mass is 9.75. The molecule has 3 saturated heterocycles. The predicted molar refractivity (Wildman–Crippen MR) is 210 cm³/mol. The topological polar surface area (TPSA) is 155 Å². The van der Waals surface area contributed by atoms with E-state index >= 15 is 0 Å². The van der Waals surface area contributed by atoms with Crippen molar-refractivity contribution < 1.29 is 19.1 Å². The van der Waals surface area contributed by atoms with Crippen LogP contribution in [-0.4, -0.2) is 101 Å². The standard InChI is InChI=1S/C41H49N9O5/c1-26-33-23-43-40(46-37(33)50(30-6-4-5-7-30)38(53)36(26)27(2)51)44-34-13-12-31(22-42-34)48-18-16-47(17-19-48)24-32-25-49(20-21-55-32)29-10-8-28(9-11-29)41(3)15-14-35(52)45-39(41)54/h8-13,22-23,30,32H,4-7,14-21,24-25H2,1-3H3,(H,45,52,54)(H,42,43,44,46)/t32-,41-/m1/s1. The SMILES string of the molecule is CC(=O)c1c(C)c2cnc(Nc3ccc(N4CCN(C[C@@H]5CN(c6ccc([C@@]7(C)CCC(=O)NC7=O)cc6)CCO5)CC4)cn3)nc2n(C2CCCC2)c1=O. The van der Waals surface area contributed by atoms with Gasteiger partial charge in [0.25, 0.3) is 5.56 Å². The molecule has 4 fully saturated rings. The molecule has 0 bridgehead atoms. The minimum absolute atomic E-state index is 0.0150. The lowest BCUT2D eigenvalue weighted by molar-refractivity contribution is -0.137. The number of piperidine rings is 1. The van der Waals surface area contributed by atoms with Crippen LogP contribution in [0.25, 0.3) is 11.0 Å². The lowest BCUT2D eigenvalue weighted by Gasteiger charge is -2.40. The second-order valence-electron chi connectivity index (χ2n) is 15.6. The Bertz CT molecular complexity index is 2160. The quantitative estimate of drug-likeness (QED) is 0.186. The lowest BCUT2D eigenvalue weighted by Crippen LogP contribution is -2.52. The molecule has 0 spiro atoms. The normalized spacial score (nSPS) is 22.6. The second-order valence-corrected chi connectivity index (χ2v) is 15.6. The van der Waals surface area contributed by atoms with Crippen LogP contribution in [0.5, 0.6) is 0 Å². The van der Waals surface area contributed by atoms with Crippen LogP contribution in [0.3, 0.4) is 0 Å². The first-order valence-electron chi connectivity index (χ1n) is 19.5. The van der Waals surface area contributed by atoms with E-state index in [2.05, 4.69) is 53.5 Å². The van der Waals surface area contributed by atoms with E-state index in [4.69, 9.17) is 9.72 Å². The molecular formula is C41H49N9O5. The number of aromatic nitrogens is 4. The number of amides is 2. The summed E-state index contributed by atoms with van der Waals surface area (Å²) >= 11 is 0. The highest BCUT2D eigenvalue weighted by molar-refractivity contribution is 6.03. The smallest absolute Gasteiger partial charge is 0.263 e. The van der Waals surface area contributed by atoms with E-state index in [0.717, 1.165) is 88.4 Å². The maximum Gasteiger partial charge on any atom is 0.263 e. The number of imide groups is 1. The second kappa shape index (κ2) is 15.1. The molecule has 55 heavy (non-hydrogen) atoms. The molecule has 3 aliphatic heterocycles. The van der Waals surface area contributed by atoms with Gasteiger partial charge in [0.2, 0.25) is 17.8 Å². The molecule has 1 aliphatic carbocycles. The molecule has 4 aromatic rings. The molecule has 1 saturated carbocycles. The van der Waals surface area contributed by atoms with E-state index < -0.39 is 5.41 Å². The number of nitrogens with zero attached hydrogens (tertiary/aromatic N) is 7. The number of aryl methyl sites for hydroxylation is 1. The van der Waals surface area contributed by atoms with Crippen LogP contribution in [0.2, 0.25) is 0 Å². The van der Waals surface area contributed by atoms with Crippen molar-refractivity contribution in [3.63, 3.8) is 0 Å². The van der Waals surface area contributed by atoms with E-state index in [1.807, 2.05) is 31.3 Å². The number of carbonyl (C=O) groups is 3. The van der Waals surface area contributed by atoms with Gasteiger partial charge in [-0.2, -0.15) is 4.98 Å². The van der Waals surface area contributed by atoms with Gasteiger partial charge in [0.05, 0.1) is 35.6 Å². The van der Waals surface area contributed by atoms with Gasteiger partial charge < -0.3 is 19.9 Å². The number of ether oxygens (including phenoxy) is 1. The van der Waals surface area contributed by atoms with E-state index in [0.29, 0.717) is 47.8 Å². The highest BCUT2D eigenvalue weighted by Crippen LogP contribution is 2.34. The van der Waals surface area contributed by atoms with Gasteiger partial charge in [0, 0.05) is 75.5 Å². The zero-order chi connectivity index (χ0) is 38.3. The van der Waals surface area contributed by atoms with Gasteiger partial charge in [0.1, 0.15) is 11.5 Å². The average Bonchev–Trinajstić information content (AvgIpc) is 3.72. The highest BCUT2D eigenvalue weighted by atomic mass is 16.5. The third-order valence-corrected chi connectivity index (χ3v) is 12.1. The van der Waals surface area contributed by atoms with Crippen molar-refractivity contribution in [2.75, 3.05) is 67.5 Å². The number of rotatable bonds is 9. The summed E-state index contributed by atoms with van der Waals surface area (Å²) in [5.41, 5.74) is 3.50. The van der Waals surface area contributed by atoms with Gasteiger partial charge in [-0.1, -0.05) is 25.0 Å². The van der Waals surface area contributed by atoms with Crippen molar-refractivity contribution in [1.29, 1.82) is 0 Å². The monoisotopic (exact) mass is 747 g/mol. The number of anilines is 4. The average molecular weight is 748 g/mol. The summed E-state index contributed by atoms with van der Waals surface area (Å²) < 4.78 is 7.93. The number of hydrogen-bond acceptors (Lipinski definition) is 12. The molecule has 0 unspecified atom stereocenters. The number of fused-ring (bicyclic) bond motifs is 1. The number of morpholine rings is 1. The van der Waals surface area contributed by atoms with Crippen molar-refractivity contribution in [1.82, 2.24) is 29.7 Å². The Morgan fingerprint density at radius 1 is 0.945 bits per heavy atom. The molecule has 6 heterocycles. The van der Waals surface area contributed by atoms with Crippen molar-refractivity contribution >= 4 is 51.8 Å². The first-order chi connectivity index (χ1) is 26.6. The number of Topliss-reactive ketones (excluding diaryl/α,β-unsaturated/α-hetero) is 1. The molecule has 2 amide bonds. The Balaban J connectivity index is 0.863. The minimum Gasteiger partial charge on any atom is -0.373 e. The highest BCUT2D eigenvalue weighted by Gasteiger charge is 2.40. The summed E-state index contributed by atoms with van der Waals surface area (Å²) in [6.07, 6.45) is 8.39. The maximum absolute atomic E-state index is 13.6. The van der Waals surface area contributed by atoms with Crippen molar-refractivity contribution in [2.45, 2.75) is 76.9 Å². The molecular weight excluding hydrogens is 699 g/mol. The van der Waals surface area contributed by atoms with Gasteiger partial charge in [0.15, 0.2) is 5.78 Å². The van der Waals surface area contributed by atoms with Crippen molar-refractivity contribution in [3.05, 3.63) is 75.8 Å². The Hall–Kier alpha value is -5.21. The summed E-state index contributed by atoms with van der Waals surface area (Å²) in [5.74, 6) is 0.288. The fraction of sp³-hybridized carbons (Fsp3) is 0.488. The van der Waals surface area contributed by atoms with Crippen LogP contribution in [-0.2, 0) is 19.7 Å². The summed E-state index contributed by atoms with van der Waals surface area (Å²) in [4.78, 5) is 71.5. The minimum atomic E-state index is -0.698. The molecule has 14 heteroatoms. The van der Waals surface area contributed by atoms with Gasteiger partial charge in [-0.3, -0.25) is 34.0 Å². The first kappa shape index (κ1) is 36.8. The van der Waals surface area contributed by atoms with Crippen molar-refractivity contribution in [3.8, 4) is 0 Å². The number of pyridine rings is 2. The van der Waals surface area contributed by atoms with Gasteiger partial charge >= 0.3 is 0 Å². The summed E-state index contributed by atoms with van der Waals surface area (Å²) in [6.45, 7) is 11.8. The number of nitrogens with one attached hydrogen (secondary N) is 2. The number of ketones is 1. The van der Waals surface area contributed by atoms with Gasteiger partial charge in [-0.25, -0.2) is 9.97 Å². The fourth-order valence-electron chi connectivity index (χ4n) is 8.73. The number of benzene rings is 1. The van der Waals surface area contributed by atoms with E-state index in [9.17, 15) is 19.2 Å². The van der Waals surface area contributed by atoms with E-state index in [1.165, 1.54) is 6.92 Å². The van der Waals surface area contributed by atoms with Gasteiger partial charge in [-0.15, -0.1) is 0 Å². The van der Waals surface area contributed by atoms with Crippen LogP contribution in [0, 0.1) is 6.92 Å². The zero-order valence-electron chi connectivity index (χ0n) is 31.8. The van der Waals surface area contributed by atoms with Gasteiger partial charge in [-0.05, 0) is 75.4 Å². The van der Waals surface area contributed by atoms with Crippen LogP contribution >= 0.6 is 0 Å². The summed E-state index contributed by atoms with van der Waals surface area (Å²) in [5, 5.41) is 6.43. The molecule has 2 N–H and O–H groups in total. The predicted octanol–water partition coefficient (Wildman–Crippen LogP) is 4.28. The van der Waals surface area contributed by atoms with Crippen LogP contribution in [0.4, 0.5) is 23.1 Å². The Morgan fingerprint density at radius 2 is 1.69 bits per heavy atom. The molecule has 4 aliphatic rings. The molecule has 14 nitrogen and oxygen atoms in total. The molecule has 3 aromatic heterocycles. The molecule has 288 valence electrons. The Labute approximate surface area is 320 Å². The summed E-state index contributed by atoms with van der Waals surface area (Å²) in [7, 11) is 0. The Morgan fingerprint density at radius 3 is 2.38 bits per heavy atom. The molecule has 2 atom stereocenters. The first-order valence-corrected chi connectivity index (χ1v) is 19.5. The number of piperazine rings is 1. The van der Waals surface area contributed by atoms with Crippen LogP contribution < -0.4 is 26.0 Å². The van der Waals surface area contributed by atoms with E-state index in [-0.39, 0.29) is 40.9 Å².